The first-order chi connectivity index (χ1) is 72.7. The monoisotopic (exact) mass is 2030 g/mol. The molecule has 0 unspecified atom stereocenters. The summed E-state index contributed by atoms with van der Waals surface area (Å²) >= 11 is 6.61. The maximum Gasteiger partial charge on any atom is 0.261 e. The lowest BCUT2D eigenvalue weighted by atomic mass is 9.85. The predicted octanol–water partition coefficient (Wildman–Crippen LogP) is 23.0. The van der Waals surface area contributed by atoms with Crippen molar-refractivity contribution in [1.82, 2.24) is 145 Å². The number of H-pyrrole nitrogens is 8. The summed E-state index contributed by atoms with van der Waals surface area (Å²) in [6.45, 7) is 0.595. The molecule has 25 heterocycles. The molecule has 0 aromatic carbocycles. The number of pyridine rings is 12. The van der Waals surface area contributed by atoms with Crippen LogP contribution in [0, 0.1) is 17.8 Å². The van der Waals surface area contributed by atoms with Gasteiger partial charge in [0.2, 0.25) is 17.7 Å². The number of hydrogen-bond acceptors (Lipinski definition) is 28. The first-order valence-electron chi connectivity index (χ1n) is 48.4. The average molecular weight is 2030 g/mol. The van der Waals surface area contributed by atoms with Gasteiger partial charge in [-0.1, -0.05) is 62.8 Å². The number of fused-ring (bicyclic) bond motifs is 8. The van der Waals surface area contributed by atoms with Crippen molar-refractivity contribution in [2.24, 2.45) is 17.8 Å². The molecule has 41 heteroatoms. The van der Waals surface area contributed by atoms with E-state index in [0.717, 1.165) is 251 Å². The largest absolute Gasteiger partial charge is 0.335 e. The van der Waals surface area contributed by atoms with Crippen molar-refractivity contribution in [3.05, 3.63) is 248 Å². The maximum atomic E-state index is 13.6. The third-order valence-corrected chi connectivity index (χ3v) is 30.9. The molecule has 730 valence electrons. The number of nitrogens with zero attached hydrogens (tertiary/aromatic N) is 21. The molecule has 28 rings (SSSR count). The Bertz CT molecular complexity index is 9060. The number of imidazole rings is 4. The highest BCUT2D eigenvalue weighted by atomic mass is 32.1. The number of thiophene rings is 4. The van der Waals surface area contributed by atoms with Gasteiger partial charge in [0, 0.05) is 204 Å². The third kappa shape index (κ3) is 18.7. The molecule has 1 aliphatic heterocycles. The molecule has 35 nitrogen and oxygen atoms in total. The highest BCUT2D eigenvalue weighted by Gasteiger charge is 2.38. The quantitative estimate of drug-likeness (QED) is 0.0337. The molecule has 4 fully saturated rings. The van der Waals surface area contributed by atoms with Crippen molar-refractivity contribution >= 4 is 168 Å². The number of hydrogen-bond donors (Lipinski definition) is 11. The lowest BCUT2D eigenvalue weighted by Crippen LogP contribution is -2.28. The molecule has 0 bridgehead atoms. The Morgan fingerprint density at radius 2 is 0.628 bits per heavy atom. The van der Waals surface area contributed by atoms with Crippen LogP contribution in [0.5, 0.6) is 0 Å². The second-order valence-electron chi connectivity index (χ2n) is 37.1. The van der Waals surface area contributed by atoms with Crippen molar-refractivity contribution in [1.29, 1.82) is 0 Å². The first-order valence-corrected chi connectivity index (χ1v) is 51.9. The van der Waals surface area contributed by atoms with Gasteiger partial charge in [-0.2, -0.15) is 20.4 Å². The number of nitrogens with one attached hydrogen (secondary N) is 11. The Labute approximate surface area is 854 Å². The van der Waals surface area contributed by atoms with Gasteiger partial charge < -0.3 is 35.9 Å². The van der Waals surface area contributed by atoms with Crippen LogP contribution in [0.4, 0.5) is 25.8 Å². The van der Waals surface area contributed by atoms with Gasteiger partial charge in [0.15, 0.2) is 45.9 Å². The summed E-state index contributed by atoms with van der Waals surface area (Å²) in [6, 6.07) is 32.1. The van der Waals surface area contributed by atoms with Gasteiger partial charge >= 0.3 is 0 Å². The number of rotatable bonds is 20. The number of anilines is 3. The van der Waals surface area contributed by atoms with E-state index >= 15 is 0 Å². The molecule has 3 saturated carbocycles. The van der Waals surface area contributed by atoms with Crippen molar-refractivity contribution in [3.63, 3.8) is 0 Å². The van der Waals surface area contributed by atoms with E-state index in [2.05, 4.69) is 161 Å². The van der Waals surface area contributed by atoms with Crippen LogP contribution in [0.15, 0.2) is 243 Å². The van der Waals surface area contributed by atoms with E-state index in [1.54, 1.807) is 149 Å². The fourth-order valence-corrected chi connectivity index (χ4v) is 22.4. The minimum absolute atomic E-state index is 0.0622. The average Bonchev–Trinajstić information content (AvgIpc) is 1.62. The summed E-state index contributed by atoms with van der Waals surface area (Å²) in [5.74, 6) is 0.519. The highest BCUT2D eigenvalue weighted by molar-refractivity contribution is 7.14. The smallest absolute Gasteiger partial charge is 0.261 e. The van der Waals surface area contributed by atoms with Gasteiger partial charge in [-0.15, -0.1) is 45.3 Å². The van der Waals surface area contributed by atoms with Crippen molar-refractivity contribution in [2.75, 3.05) is 29.0 Å². The lowest BCUT2D eigenvalue weighted by molar-refractivity contribution is -0.122. The van der Waals surface area contributed by atoms with Crippen molar-refractivity contribution in [2.45, 2.75) is 95.9 Å². The molecule has 4 aliphatic rings. The van der Waals surface area contributed by atoms with Gasteiger partial charge in [0.05, 0.1) is 111 Å². The number of amides is 3. The number of halogens is 2. The number of alkyl halides is 2. The molecule has 0 radical (unpaired) electrons. The Morgan fingerprint density at radius 1 is 0.338 bits per heavy atom. The van der Waals surface area contributed by atoms with Crippen molar-refractivity contribution in [3.8, 4) is 132 Å². The van der Waals surface area contributed by atoms with Crippen LogP contribution in [0.3, 0.4) is 0 Å². The minimum atomic E-state index is -2.62. The summed E-state index contributed by atoms with van der Waals surface area (Å²) in [5.41, 5.74) is 25.9. The first kappa shape index (κ1) is 91.8. The summed E-state index contributed by atoms with van der Waals surface area (Å²) in [4.78, 5) is 130. The third-order valence-electron chi connectivity index (χ3n) is 27.3. The van der Waals surface area contributed by atoms with Crippen LogP contribution >= 0.6 is 45.3 Å². The van der Waals surface area contributed by atoms with Gasteiger partial charge in [-0.3, -0.25) is 79.6 Å². The molecule has 3 amide bonds. The molecule has 0 atom stereocenters. The lowest BCUT2D eigenvalue weighted by Gasteiger charge is -2.24. The van der Waals surface area contributed by atoms with E-state index in [9.17, 15) is 23.2 Å². The molecule has 24 aromatic heterocycles. The van der Waals surface area contributed by atoms with Crippen LogP contribution < -0.4 is 16.0 Å². The molecule has 0 spiro atoms. The highest BCUT2D eigenvalue weighted by Crippen LogP contribution is 2.43. The summed E-state index contributed by atoms with van der Waals surface area (Å²) in [7, 11) is 0. The standard InChI is InChI=1S/C28H24N8OS.C27H22N8OS.C26H20F2N8S.C26H20N8OS/c37-28(16-5-2-1-3-6-16)32-19-9-17(11-29-13-19)18-10-20-25(35-36-26(20)31-12-18)27-33-22-15-30-14-21(24(22)34-27)23-7-4-8-38-23;36-27(15-4-1-2-5-15)31-18-8-16(10-28-12-18)17-9-19-24(34-35-25(19)30-11-17)26-32-21-14-29-13-20(23(21)33-26)22-6-3-7-37-22;27-26(28)3-4-36(14-26)13-15-6-16(9-29-8-15)17-7-18-23(34-35-24(18)31-10-17)25-32-20-12-30-11-19(22(20)33-25)21-2-1-5-37-21;35-26(14-3-1-4-14)30-17-7-15(9-27-11-17)16-8-18-23(33-34-24(18)29-10-16)25-31-20-13-28-12-19(22(20)32-25)21-5-2-6-36-21/h4,7-16H,1-3,5-6H2,(H,32,37)(H,33,34)(H,31,35,36);3,6-15H,1-2,4-5H2,(H,31,36)(H,32,33)(H,30,34,35);1-2,5-12H,3-4,13-14H2,(H,32,33)(H,31,34,35);2,5-14H,1,3-4H2,(H,30,35)(H,31,32)(H,29,33,34). The number of aromatic amines is 8. The number of aromatic nitrogens is 28. The fraction of sp³-hybridized carbons (Fsp3) is 0.187. The molecular weight excluding hydrogens is 1950 g/mol. The zero-order chi connectivity index (χ0) is 99.3. The Morgan fingerprint density at radius 3 is 0.919 bits per heavy atom. The summed E-state index contributed by atoms with van der Waals surface area (Å²) in [6.07, 6.45) is 47.8. The molecule has 1 saturated heterocycles. The van der Waals surface area contributed by atoms with Gasteiger partial charge in [-0.25, -0.2) is 48.7 Å². The van der Waals surface area contributed by atoms with Gasteiger partial charge in [-0.05, 0) is 138 Å². The number of carbonyl (C=O) groups excluding carboxylic acids is 3. The van der Waals surface area contributed by atoms with Gasteiger partial charge in [0.25, 0.3) is 5.92 Å². The van der Waals surface area contributed by atoms with Crippen LogP contribution in [0.2, 0.25) is 0 Å². The topological polar surface area (TPSA) is 475 Å². The predicted molar refractivity (Wildman–Crippen MR) is 570 cm³/mol. The Hall–Kier alpha value is -17.4. The Balaban J connectivity index is 0.000000103. The SMILES string of the molecule is FC1(F)CCN(Cc2cncc(-c3cnc4n[nH]c(-c5nc6c(-c7cccs7)cncc6[nH]5)c4c3)c2)C1.O=C(Nc1cncc(-c2cnc3n[nH]c(-c4nc5c(-c6cccs6)cncc5[nH]4)c3c2)c1)C1CCC1.O=C(Nc1cncc(-c2cnc3n[nH]c(-c4nc5c(-c6cccs6)cncc5[nH]4)c3c2)c1)C1CCCC1.O=C(Nc1cncc(-c2cnc3n[nH]c(-c4nc5c(-c6cccs6)cncc5[nH]4)c3c2)c1)C1CCCCC1. The Kier molecular flexibility index (Phi) is 24.6. The van der Waals surface area contributed by atoms with Crippen LogP contribution in [0.25, 0.3) is 221 Å². The van der Waals surface area contributed by atoms with Crippen molar-refractivity contribution < 1.29 is 23.2 Å². The van der Waals surface area contributed by atoms with E-state index in [1.165, 1.54) is 6.42 Å². The zero-order valence-electron chi connectivity index (χ0n) is 78.6. The minimum Gasteiger partial charge on any atom is -0.335 e. The number of carbonyl (C=O) groups is 3. The van der Waals surface area contributed by atoms with Crippen LogP contribution in [-0.4, -0.2) is 182 Å². The molecule has 148 heavy (non-hydrogen) atoms. The molecule has 3 aliphatic carbocycles. The van der Waals surface area contributed by atoms with Crippen LogP contribution in [0.1, 0.15) is 89.0 Å². The summed E-state index contributed by atoms with van der Waals surface area (Å²) in [5, 5.41) is 50.5. The molecule has 11 N–H and O–H groups in total. The second kappa shape index (κ2) is 39.6. The fourth-order valence-electron chi connectivity index (χ4n) is 19.5. The summed E-state index contributed by atoms with van der Waals surface area (Å²) < 4.78 is 27.2. The molecular formula is C107H86F2N32O3S4. The second-order valence-corrected chi connectivity index (χ2v) is 40.8. The van der Waals surface area contributed by atoms with E-state index in [0.29, 0.717) is 76.0 Å². The van der Waals surface area contributed by atoms with Gasteiger partial charge in [0.1, 0.15) is 44.8 Å². The number of likely N-dealkylation sites (tertiary alicyclic amines) is 1. The molecule has 24 aromatic rings. The van der Waals surface area contributed by atoms with E-state index in [4.69, 9.17) is 19.9 Å². The van der Waals surface area contributed by atoms with E-state index in [-0.39, 0.29) is 48.4 Å². The zero-order valence-corrected chi connectivity index (χ0v) is 81.9. The van der Waals surface area contributed by atoms with Crippen LogP contribution in [-0.2, 0) is 20.9 Å². The van der Waals surface area contributed by atoms with E-state index in [1.807, 2.05) is 119 Å². The maximum absolute atomic E-state index is 13.6. The van der Waals surface area contributed by atoms with E-state index < -0.39 is 5.92 Å². The normalized spacial score (nSPS) is 14.5.